The fourth-order valence-electron chi connectivity index (χ4n) is 14.9. The van der Waals surface area contributed by atoms with Crippen molar-refractivity contribution in [3.8, 4) is 0 Å². The molecular formula is C42H62N6O8. The molecule has 1 saturated heterocycles. The van der Waals surface area contributed by atoms with Crippen molar-refractivity contribution in [2.24, 2.45) is 62.6 Å². The number of anilines is 1. The number of aromatic nitrogens is 5. The highest BCUT2D eigenvalue weighted by atomic mass is 16.6. The Labute approximate surface area is 328 Å². The number of aliphatic hydroxyl groups excluding tert-OH is 4. The molecule has 7 N–H and O–H groups in total. The second kappa shape index (κ2) is 12.9. The fourth-order valence-corrected chi connectivity index (χ4v) is 14.9. The van der Waals surface area contributed by atoms with Gasteiger partial charge in [0.1, 0.15) is 18.0 Å². The molecule has 0 aromatic carbocycles. The summed E-state index contributed by atoms with van der Waals surface area (Å²) in [6.45, 7) is 17.6. The third-order valence-corrected chi connectivity index (χ3v) is 17.7. The SMILES string of the molecule is C=C(C)[C@@H]1CC[C@]2(C(=O)O)CC[C@]3(C)[C@H](CC[C@@H]4[C@@]5(C)C[C@@H](Cc6cn([C@]7(CO)O[C@@H](n8ccc(N)nc8=O)[C@H](O)[C@@H]7O)nn6)[C@H](O)C(C)(C)[C@@H]5CC[C@]43C)[C@@H]12. The molecule has 6 fully saturated rings. The monoisotopic (exact) mass is 778 g/mol. The molecule has 308 valence electrons. The first-order valence-electron chi connectivity index (χ1n) is 20.7. The van der Waals surface area contributed by atoms with Crippen molar-refractivity contribution < 1.29 is 35.1 Å². The predicted octanol–water partition coefficient (Wildman–Crippen LogP) is 3.88. The van der Waals surface area contributed by atoms with Gasteiger partial charge in [-0.1, -0.05) is 52.0 Å². The van der Waals surface area contributed by atoms with Crippen molar-refractivity contribution in [2.75, 3.05) is 12.3 Å². The van der Waals surface area contributed by atoms with Crippen molar-refractivity contribution >= 4 is 11.8 Å². The minimum atomic E-state index is -1.95. The van der Waals surface area contributed by atoms with Crippen LogP contribution in [0.5, 0.6) is 0 Å². The van der Waals surface area contributed by atoms with Gasteiger partial charge in [0, 0.05) is 6.20 Å². The Bertz CT molecular complexity index is 1970. The molecule has 0 amide bonds. The van der Waals surface area contributed by atoms with E-state index in [0.717, 1.165) is 61.5 Å². The fraction of sp³-hybridized carbons (Fsp3) is 0.786. The topological polar surface area (TPSA) is 219 Å². The summed E-state index contributed by atoms with van der Waals surface area (Å²) in [4.78, 5) is 29.4. The van der Waals surface area contributed by atoms with Gasteiger partial charge < -0.3 is 36.0 Å². The van der Waals surface area contributed by atoms with E-state index in [4.69, 9.17) is 10.5 Å². The average Bonchev–Trinajstić information content (AvgIpc) is 3.83. The standard InChI is InChI=1S/C42H62N6O8/c1-22(2)25-10-14-41(35(53)54)16-15-39(6)26(30(25)41)8-9-28-38(5)19-23(32(51)37(3,4)27(38)11-13-40(28,39)7)18-24-20-48(46-45-24)42(21-49)33(52)31(50)34(56-42)47-17-12-29(43)44-36(47)55/h12,17,20,23,25-28,30-34,49-52H,1,8-11,13-16,18-19,21H2,2-7H3,(H,53,54)(H2,43,44,55)/t23-,25+,26-,27+,28-,30-,31-,32+,33+,34-,38+,39-,40-,41+,42-/m1/s1. The van der Waals surface area contributed by atoms with Crippen LogP contribution in [0.4, 0.5) is 5.82 Å². The van der Waals surface area contributed by atoms with Gasteiger partial charge in [-0.05, 0) is 134 Å². The molecular weight excluding hydrogens is 716 g/mol. The van der Waals surface area contributed by atoms with E-state index >= 15 is 0 Å². The second-order valence-electron chi connectivity index (χ2n) is 20.2. The summed E-state index contributed by atoms with van der Waals surface area (Å²) in [5, 5.41) is 64.6. The third kappa shape index (κ3) is 5.13. The molecule has 0 spiro atoms. The average molecular weight is 779 g/mol. The Kier molecular flexibility index (Phi) is 9.14. The number of nitrogen functional groups attached to an aromatic ring is 1. The van der Waals surface area contributed by atoms with Crippen molar-refractivity contribution in [1.29, 1.82) is 0 Å². The van der Waals surface area contributed by atoms with Gasteiger partial charge in [0.05, 0.1) is 30.0 Å². The highest BCUT2D eigenvalue weighted by Crippen LogP contribution is 2.78. The van der Waals surface area contributed by atoms with Crippen molar-refractivity contribution in [3.63, 3.8) is 0 Å². The quantitative estimate of drug-likeness (QED) is 0.221. The number of carboxylic acids is 1. The molecule has 0 bridgehead atoms. The van der Waals surface area contributed by atoms with Gasteiger partial charge in [0.2, 0.25) is 5.72 Å². The van der Waals surface area contributed by atoms with Gasteiger partial charge in [-0.2, -0.15) is 4.98 Å². The van der Waals surface area contributed by atoms with Crippen LogP contribution in [0.3, 0.4) is 0 Å². The number of nitrogens with two attached hydrogens (primary N) is 1. The lowest BCUT2D eigenvalue weighted by Crippen LogP contribution is -2.68. The largest absolute Gasteiger partial charge is 0.481 e. The minimum Gasteiger partial charge on any atom is -0.481 e. The molecule has 0 unspecified atom stereocenters. The molecule has 0 radical (unpaired) electrons. The highest BCUT2D eigenvalue weighted by molar-refractivity contribution is 5.76. The number of allylic oxidation sites excluding steroid dienone is 1. The van der Waals surface area contributed by atoms with Crippen LogP contribution in [0.1, 0.15) is 111 Å². The molecule has 3 heterocycles. The Morgan fingerprint density at radius 1 is 1.00 bits per heavy atom. The van der Waals surface area contributed by atoms with Crippen LogP contribution >= 0.6 is 0 Å². The number of carboxylic acid groups (broad SMARTS) is 1. The maximum atomic E-state index is 13.1. The van der Waals surface area contributed by atoms with Crippen LogP contribution in [-0.4, -0.2) is 81.0 Å². The molecule has 14 nitrogen and oxygen atoms in total. The molecule has 14 heteroatoms. The molecule has 8 rings (SSSR count). The molecule has 5 aliphatic carbocycles. The Morgan fingerprint density at radius 3 is 2.39 bits per heavy atom. The summed E-state index contributed by atoms with van der Waals surface area (Å²) in [5.74, 6) is 0.511. The lowest BCUT2D eigenvalue weighted by Gasteiger charge is -2.73. The van der Waals surface area contributed by atoms with Crippen molar-refractivity contribution in [2.45, 2.75) is 136 Å². The van der Waals surface area contributed by atoms with E-state index in [9.17, 15) is 35.1 Å². The zero-order valence-corrected chi connectivity index (χ0v) is 33.8. The van der Waals surface area contributed by atoms with E-state index in [0.29, 0.717) is 30.4 Å². The number of rotatable bonds is 7. The Hall–Kier alpha value is -3.17. The van der Waals surface area contributed by atoms with Crippen LogP contribution in [0.25, 0.3) is 0 Å². The minimum absolute atomic E-state index is 0.0109. The normalized spacial score (nSPS) is 46.7. The van der Waals surface area contributed by atoms with Gasteiger partial charge in [0.15, 0.2) is 6.23 Å². The summed E-state index contributed by atoms with van der Waals surface area (Å²) in [6.07, 6.45) is 6.12. The molecule has 5 saturated carbocycles. The maximum absolute atomic E-state index is 13.1. The zero-order valence-electron chi connectivity index (χ0n) is 33.8. The number of ether oxygens (including phenoxy) is 1. The molecule has 2 aromatic rings. The summed E-state index contributed by atoms with van der Waals surface area (Å²) < 4.78 is 8.27. The summed E-state index contributed by atoms with van der Waals surface area (Å²) in [6, 6.07) is 1.37. The van der Waals surface area contributed by atoms with Gasteiger partial charge >= 0.3 is 11.7 Å². The lowest BCUT2D eigenvalue weighted by molar-refractivity contribution is -0.256. The summed E-state index contributed by atoms with van der Waals surface area (Å²) in [5.41, 5.74) is 3.36. The summed E-state index contributed by atoms with van der Waals surface area (Å²) >= 11 is 0. The van der Waals surface area contributed by atoms with Crippen molar-refractivity contribution in [1.82, 2.24) is 24.5 Å². The zero-order chi connectivity index (χ0) is 40.5. The number of aliphatic hydroxyl groups is 4. The Balaban J connectivity index is 1.08. The number of aliphatic carboxylic acids is 1. The molecule has 6 aliphatic rings. The number of hydrogen-bond acceptors (Lipinski definition) is 11. The predicted molar refractivity (Wildman–Crippen MR) is 205 cm³/mol. The smallest absolute Gasteiger partial charge is 0.351 e. The van der Waals surface area contributed by atoms with E-state index < -0.39 is 59.4 Å². The first kappa shape index (κ1) is 39.6. The van der Waals surface area contributed by atoms with Crippen LogP contribution < -0.4 is 11.4 Å². The highest BCUT2D eigenvalue weighted by Gasteiger charge is 2.72. The van der Waals surface area contributed by atoms with Crippen molar-refractivity contribution in [3.05, 3.63) is 46.8 Å². The van der Waals surface area contributed by atoms with Crippen LogP contribution in [-0.2, 0) is 21.7 Å². The van der Waals surface area contributed by atoms with E-state index in [-0.39, 0.29) is 45.7 Å². The number of fused-ring (bicyclic) bond motifs is 7. The van der Waals surface area contributed by atoms with Crippen LogP contribution in [0.2, 0.25) is 0 Å². The molecule has 56 heavy (non-hydrogen) atoms. The van der Waals surface area contributed by atoms with E-state index in [2.05, 4.69) is 63.4 Å². The first-order chi connectivity index (χ1) is 26.2. The van der Waals surface area contributed by atoms with E-state index in [1.54, 1.807) is 6.20 Å². The first-order valence-corrected chi connectivity index (χ1v) is 20.7. The second-order valence-corrected chi connectivity index (χ2v) is 20.2. The Morgan fingerprint density at radius 2 is 1.73 bits per heavy atom. The van der Waals surface area contributed by atoms with Crippen LogP contribution in [0.15, 0.2) is 35.4 Å². The number of nitrogens with zero attached hydrogens (tertiary/aromatic N) is 5. The van der Waals surface area contributed by atoms with E-state index in [1.807, 2.05) is 0 Å². The van der Waals surface area contributed by atoms with Gasteiger partial charge in [0.25, 0.3) is 0 Å². The van der Waals surface area contributed by atoms with Crippen LogP contribution in [0, 0.1) is 62.6 Å². The molecule has 2 aromatic heterocycles. The summed E-state index contributed by atoms with van der Waals surface area (Å²) in [7, 11) is 0. The third-order valence-electron chi connectivity index (χ3n) is 17.7. The van der Waals surface area contributed by atoms with E-state index in [1.165, 1.54) is 16.9 Å². The molecule has 1 aliphatic heterocycles. The molecule has 15 atom stereocenters. The number of carbonyl (C=O) groups is 1. The van der Waals surface area contributed by atoms with Gasteiger partial charge in [-0.25, -0.2) is 9.48 Å². The van der Waals surface area contributed by atoms with Gasteiger partial charge in [-0.15, -0.1) is 5.10 Å². The lowest BCUT2D eigenvalue weighted by atomic mass is 9.31. The van der Waals surface area contributed by atoms with Gasteiger partial charge in [-0.3, -0.25) is 9.36 Å². The number of hydrogen-bond donors (Lipinski definition) is 6. The maximum Gasteiger partial charge on any atom is 0.351 e.